The molecule has 0 aliphatic carbocycles. The Kier molecular flexibility index (Phi) is 9.13. The Morgan fingerprint density at radius 2 is 1.91 bits per heavy atom. The average molecular weight is 498 g/mol. The van der Waals surface area contributed by atoms with Crippen molar-refractivity contribution < 1.29 is 13.2 Å². The summed E-state index contributed by atoms with van der Waals surface area (Å²) in [5.41, 5.74) is 1.28. The summed E-state index contributed by atoms with van der Waals surface area (Å²) in [4.78, 5) is 14.9. The Morgan fingerprint density at radius 3 is 2.53 bits per heavy atom. The van der Waals surface area contributed by atoms with Gasteiger partial charge in [-0.1, -0.05) is 48.9 Å². The zero-order chi connectivity index (χ0) is 23.1. The third-order valence-corrected chi connectivity index (χ3v) is 9.67. The van der Waals surface area contributed by atoms with Crippen LogP contribution in [0.2, 0.25) is 4.34 Å². The molecule has 1 amide bonds. The molecule has 1 aliphatic heterocycles. The van der Waals surface area contributed by atoms with Gasteiger partial charge in [0.2, 0.25) is 5.91 Å². The summed E-state index contributed by atoms with van der Waals surface area (Å²) in [6.45, 7) is 5.27. The topological polar surface area (TPSA) is 69.7 Å². The summed E-state index contributed by atoms with van der Waals surface area (Å²) in [7, 11) is -1.41. The zero-order valence-electron chi connectivity index (χ0n) is 18.7. The highest BCUT2D eigenvalue weighted by molar-refractivity contribution is 7.91. The zero-order valence-corrected chi connectivity index (χ0v) is 21.1. The SMILES string of the molecule is C[C@H](C(=O)NCCCN(C)Cc1ccccc1)C1CCN(S(=O)(=O)c2ccc(Cl)s2)CC1. The Balaban J connectivity index is 1.37. The lowest BCUT2D eigenvalue weighted by Crippen LogP contribution is -2.42. The van der Waals surface area contributed by atoms with Crippen LogP contribution in [0.25, 0.3) is 0 Å². The van der Waals surface area contributed by atoms with Gasteiger partial charge in [-0.25, -0.2) is 8.42 Å². The summed E-state index contributed by atoms with van der Waals surface area (Å²) < 4.78 is 27.8. The monoisotopic (exact) mass is 497 g/mol. The van der Waals surface area contributed by atoms with E-state index in [1.165, 1.54) is 9.87 Å². The van der Waals surface area contributed by atoms with E-state index in [0.717, 1.165) is 30.8 Å². The first-order valence-corrected chi connectivity index (χ1v) is 13.7. The maximum Gasteiger partial charge on any atom is 0.252 e. The molecule has 176 valence electrons. The quantitative estimate of drug-likeness (QED) is 0.502. The molecular weight excluding hydrogens is 466 g/mol. The Bertz CT molecular complexity index is 973. The molecular formula is C23H32ClN3O3S2. The van der Waals surface area contributed by atoms with Gasteiger partial charge in [0.25, 0.3) is 10.0 Å². The lowest BCUT2D eigenvalue weighted by molar-refractivity contribution is -0.126. The van der Waals surface area contributed by atoms with Gasteiger partial charge in [0.1, 0.15) is 4.21 Å². The standard InChI is InChI=1S/C23H32ClN3O3S2/c1-18(23(28)25-13-6-14-26(2)17-19-7-4-3-5-8-19)20-11-15-27(16-12-20)32(29,30)22-10-9-21(24)31-22/h3-5,7-10,18,20H,6,11-17H2,1-2H3,(H,25,28)/t18-/m0/s1. The first-order chi connectivity index (χ1) is 15.3. The number of benzene rings is 1. The van der Waals surface area contributed by atoms with Crippen LogP contribution in [0, 0.1) is 11.8 Å². The minimum atomic E-state index is -3.50. The van der Waals surface area contributed by atoms with Crippen molar-refractivity contribution in [1.82, 2.24) is 14.5 Å². The van der Waals surface area contributed by atoms with Gasteiger partial charge in [-0.15, -0.1) is 11.3 Å². The van der Waals surface area contributed by atoms with Crippen molar-refractivity contribution in [3.63, 3.8) is 0 Å². The predicted molar refractivity (Wildman–Crippen MR) is 130 cm³/mol. The van der Waals surface area contributed by atoms with Crippen molar-refractivity contribution in [2.24, 2.45) is 11.8 Å². The second-order valence-electron chi connectivity index (χ2n) is 8.46. The maximum absolute atomic E-state index is 12.8. The molecule has 1 atom stereocenters. The molecule has 2 heterocycles. The molecule has 6 nitrogen and oxygen atoms in total. The molecule has 0 saturated carbocycles. The molecule has 1 saturated heterocycles. The second kappa shape index (κ2) is 11.6. The number of hydrogen-bond donors (Lipinski definition) is 1. The fraction of sp³-hybridized carbons (Fsp3) is 0.522. The van der Waals surface area contributed by atoms with Gasteiger partial charge >= 0.3 is 0 Å². The fourth-order valence-corrected chi connectivity index (χ4v) is 7.20. The number of sulfonamides is 1. The molecule has 3 rings (SSSR count). The number of thiophene rings is 1. The molecule has 1 fully saturated rings. The highest BCUT2D eigenvalue weighted by atomic mass is 35.5. The van der Waals surface area contributed by atoms with E-state index in [1.54, 1.807) is 12.1 Å². The fourth-order valence-electron chi connectivity index (χ4n) is 4.09. The van der Waals surface area contributed by atoms with Crippen LogP contribution in [-0.4, -0.2) is 56.8 Å². The van der Waals surface area contributed by atoms with Gasteiger partial charge in [0.15, 0.2) is 0 Å². The number of carbonyl (C=O) groups excluding carboxylic acids is 1. The van der Waals surface area contributed by atoms with E-state index >= 15 is 0 Å². The van der Waals surface area contributed by atoms with E-state index in [-0.39, 0.29) is 22.0 Å². The number of piperidine rings is 1. The second-order valence-corrected chi connectivity index (χ2v) is 12.3. The molecule has 1 N–H and O–H groups in total. The highest BCUT2D eigenvalue weighted by Gasteiger charge is 2.34. The maximum atomic E-state index is 12.8. The highest BCUT2D eigenvalue weighted by Crippen LogP contribution is 2.32. The smallest absolute Gasteiger partial charge is 0.252 e. The van der Waals surface area contributed by atoms with E-state index < -0.39 is 10.0 Å². The molecule has 0 spiro atoms. The first kappa shape index (κ1) is 25.2. The molecule has 2 aromatic rings. The first-order valence-electron chi connectivity index (χ1n) is 11.0. The van der Waals surface area contributed by atoms with E-state index in [2.05, 4.69) is 29.4 Å². The van der Waals surface area contributed by atoms with Gasteiger partial charge in [-0.3, -0.25) is 4.79 Å². The van der Waals surface area contributed by atoms with Crippen molar-refractivity contribution >= 4 is 38.9 Å². The minimum Gasteiger partial charge on any atom is -0.356 e. The van der Waals surface area contributed by atoms with Crippen LogP contribution >= 0.6 is 22.9 Å². The van der Waals surface area contributed by atoms with Crippen molar-refractivity contribution in [3.8, 4) is 0 Å². The Morgan fingerprint density at radius 1 is 1.22 bits per heavy atom. The number of nitrogens with zero attached hydrogens (tertiary/aromatic N) is 2. The molecule has 0 radical (unpaired) electrons. The van der Waals surface area contributed by atoms with E-state index in [0.29, 0.717) is 36.8 Å². The number of carbonyl (C=O) groups is 1. The summed E-state index contributed by atoms with van der Waals surface area (Å²) in [6.07, 6.45) is 2.27. The minimum absolute atomic E-state index is 0.0575. The molecule has 0 unspecified atom stereocenters. The summed E-state index contributed by atoms with van der Waals surface area (Å²) in [5.74, 6) is 0.120. The van der Waals surface area contributed by atoms with E-state index in [9.17, 15) is 13.2 Å². The Labute approximate surface area is 200 Å². The summed E-state index contributed by atoms with van der Waals surface area (Å²) >= 11 is 6.98. The molecule has 32 heavy (non-hydrogen) atoms. The normalized spacial score (nSPS) is 16.9. The van der Waals surface area contributed by atoms with Crippen LogP contribution in [0.5, 0.6) is 0 Å². The van der Waals surface area contributed by atoms with Gasteiger partial charge in [0.05, 0.1) is 4.34 Å². The molecule has 0 bridgehead atoms. The number of nitrogens with one attached hydrogen (secondary N) is 1. The number of hydrogen-bond acceptors (Lipinski definition) is 5. The number of halogens is 1. The molecule has 1 aliphatic rings. The lowest BCUT2D eigenvalue weighted by Gasteiger charge is -2.33. The molecule has 1 aromatic carbocycles. The van der Waals surface area contributed by atoms with Gasteiger partial charge in [-0.05, 0) is 56.5 Å². The van der Waals surface area contributed by atoms with Gasteiger partial charge in [0, 0.05) is 32.1 Å². The van der Waals surface area contributed by atoms with Gasteiger partial charge in [-0.2, -0.15) is 4.31 Å². The number of amides is 1. The van der Waals surface area contributed by atoms with E-state index in [1.807, 2.05) is 25.1 Å². The predicted octanol–water partition coefficient (Wildman–Crippen LogP) is 4.08. The van der Waals surface area contributed by atoms with Crippen LogP contribution in [0.3, 0.4) is 0 Å². The van der Waals surface area contributed by atoms with Crippen LogP contribution in [0.1, 0.15) is 31.7 Å². The molecule has 1 aromatic heterocycles. The lowest BCUT2D eigenvalue weighted by atomic mass is 9.85. The van der Waals surface area contributed by atoms with Gasteiger partial charge < -0.3 is 10.2 Å². The van der Waals surface area contributed by atoms with Crippen LogP contribution < -0.4 is 5.32 Å². The Hall–Kier alpha value is -1.45. The third kappa shape index (κ3) is 6.78. The summed E-state index contributed by atoms with van der Waals surface area (Å²) in [5, 5.41) is 3.06. The average Bonchev–Trinajstić information content (AvgIpc) is 3.24. The van der Waals surface area contributed by atoms with Crippen molar-refractivity contribution in [3.05, 3.63) is 52.4 Å². The van der Waals surface area contributed by atoms with Crippen LogP contribution in [0.15, 0.2) is 46.7 Å². The van der Waals surface area contributed by atoms with Crippen LogP contribution in [0.4, 0.5) is 0 Å². The number of rotatable bonds is 10. The van der Waals surface area contributed by atoms with Crippen molar-refractivity contribution in [2.45, 2.75) is 36.9 Å². The van der Waals surface area contributed by atoms with Crippen molar-refractivity contribution in [1.29, 1.82) is 0 Å². The largest absolute Gasteiger partial charge is 0.356 e. The van der Waals surface area contributed by atoms with Crippen LogP contribution in [-0.2, 0) is 21.4 Å². The summed E-state index contributed by atoms with van der Waals surface area (Å²) in [6, 6.07) is 13.5. The van der Waals surface area contributed by atoms with Crippen molar-refractivity contribution in [2.75, 3.05) is 33.2 Å². The third-order valence-electron chi connectivity index (χ3n) is 6.07. The molecule has 9 heteroatoms. The van der Waals surface area contributed by atoms with E-state index in [4.69, 9.17) is 11.6 Å².